The van der Waals surface area contributed by atoms with E-state index < -0.39 is 17.6 Å². The number of nitrogens with zero attached hydrogens (tertiary/aromatic N) is 4. The fourth-order valence-corrected chi connectivity index (χ4v) is 3.05. The zero-order valence-electron chi connectivity index (χ0n) is 16.0. The molecule has 1 aromatic heterocycles. The van der Waals surface area contributed by atoms with Crippen molar-refractivity contribution in [1.82, 2.24) is 14.9 Å². The molecule has 1 amide bonds. The van der Waals surface area contributed by atoms with Crippen LogP contribution >= 0.6 is 0 Å². The van der Waals surface area contributed by atoms with E-state index in [9.17, 15) is 18.0 Å². The summed E-state index contributed by atoms with van der Waals surface area (Å²) in [5, 5.41) is 2.83. The predicted molar refractivity (Wildman–Crippen MR) is 102 cm³/mol. The summed E-state index contributed by atoms with van der Waals surface area (Å²) >= 11 is 0. The highest BCUT2D eigenvalue weighted by atomic mass is 19.4. The van der Waals surface area contributed by atoms with E-state index in [0.29, 0.717) is 43.8 Å². The largest absolute Gasteiger partial charge is 0.494 e. The number of nitrogens with two attached hydrogens (primary N) is 1. The molecule has 0 aliphatic carbocycles. The van der Waals surface area contributed by atoms with Crippen molar-refractivity contribution in [2.75, 3.05) is 49.2 Å². The number of anilines is 4. The molecule has 0 spiro atoms. The number of amides is 1. The summed E-state index contributed by atoms with van der Waals surface area (Å²) in [7, 11) is 1.49. The second-order valence-corrected chi connectivity index (χ2v) is 6.49. The molecule has 0 bridgehead atoms. The number of piperazine rings is 1. The first-order chi connectivity index (χ1) is 13.7. The van der Waals surface area contributed by atoms with Crippen molar-refractivity contribution in [2.24, 2.45) is 0 Å². The topological polar surface area (TPSA) is 96.6 Å². The van der Waals surface area contributed by atoms with Gasteiger partial charge in [0, 0.05) is 51.1 Å². The molecule has 1 aliphatic heterocycles. The van der Waals surface area contributed by atoms with Crippen LogP contribution in [0.4, 0.5) is 36.3 Å². The summed E-state index contributed by atoms with van der Waals surface area (Å²) < 4.78 is 43.8. The Morgan fingerprint density at radius 1 is 1.24 bits per heavy atom. The first-order valence-corrected chi connectivity index (χ1v) is 8.84. The average Bonchev–Trinajstić information content (AvgIpc) is 2.67. The number of nitrogens with one attached hydrogen (secondary N) is 1. The van der Waals surface area contributed by atoms with Crippen LogP contribution in [0.15, 0.2) is 24.4 Å². The average molecular weight is 410 g/mol. The number of halogens is 3. The van der Waals surface area contributed by atoms with E-state index in [2.05, 4.69) is 20.2 Å². The maximum atomic E-state index is 12.8. The summed E-state index contributed by atoms with van der Waals surface area (Å²) in [6.45, 7) is 4.20. The van der Waals surface area contributed by atoms with Crippen molar-refractivity contribution in [3.8, 4) is 5.75 Å². The molecular formula is C18H21F3N6O2. The SMILES string of the molecule is COc1cc(N2CCN(C(C)=O)CC2)ccc1Nc1ncc(C(F)(F)F)c(N)n1. The molecule has 1 aliphatic rings. The molecule has 2 aromatic rings. The van der Waals surface area contributed by atoms with Gasteiger partial charge in [-0.15, -0.1) is 0 Å². The lowest BCUT2D eigenvalue weighted by Crippen LogP contribution is -2.48. The van der Waals surface area contributed by atoms with Crippen molar-refractivity contribution in [2.45, 2.75) is 13.1 Å². The van der Waals surface area contributed by atoms with Crippen LogP contribution in [-0.2, 0) is 11.0 Å². The number of hydrogen-bond acceptors (Lipinski definition) is 7. The van der Waals surface area contributed by atoms with Crippen LogP contribution in [0, 0.1) is 0 Å². The lowest BCUT2D eigenvalue weighted by Gasteiger charge is -2.35. The van der Waals surface area contributed by atoms with Crippen LogP contribution in [-0.4, -0.2) is 54.1 Å². The molecule has 29 heavy (non-hydrogen) atoms. The summed E-state index contributed by atoms with van der Waals surface area (Å²) in [6, 6.07) is 5.38. The Hall–Kier alpha value is -3.24. The lowest BCUT2D eigenvalue weighted by molar-refractivity contribution is -0.137. The molecule has 11 heteroatoms. The smallest absolute Gasteiger partial charge is 0.421 e. The number of carbonyl (C=O) groups excluding carboxylic acids is 1. The van der Waals surface area contributed by atoms with Crippen LogP contribution in [0.1, 0.15) is 12.5 Å². The molecule has 2 heterocycles. The highest BCUT2D eigenvalue weighted by Crippen LogP contribution is 2.34. The third kappa shape index (κ3) is 4.61. The molecule has 0 radical (unpaired) electrons. The van der Waals surface area contributed by atoms with Gasteiger partial charge in [-0.25, -0.2) is 4.98 Å². The Kier molecular flexibility index (Phi) is 5.66. The van der Waals surface area contributed by atoms with Crippen LogP contribution in [0.25, 0.3) is 0 Å². The second kappa shape index (κ2) is 8.02. The number of alkyl halides is 3. The monoisotopic (exact) mass is 410 g/mol. The first kappa shape index (κ1) is 20.5. The Bertz CT molecular complexity index is 898. The van der Waals surface area contributed by atoms with Gasteiger partial charge in [-0.1, -0.05) is 0 Å². The van der Waals surface area contributed by atoms with Gasteiger partial charge in [0.15, 0.2) is 0 Å². The highest BCUT2D eigenvalue weighted by molar-refractivity contribution is 5.74. The zero-order chi connectivity index (χ0) is 21.2. The molecule has 3 N–H and O–H groups in total. The quantitative estimate of drug-likeness (QED) is 0.799. The van der Waals surface area contributed by atoms with E-state index in [-0.39, 0.29) is 11.9 Å². The second-order valence-electron chi connectivity index (χ2n) is 6.49. The Morgan fingerprint density at radius 2 is 1.93 bits per heavy atom. The molecule has 1 fully saturated rings. The molecule has 1 aromatic carbocycles. The highest BCUT2D eigenvalue weighted by Gasteiger charge is 2.34. The van der Waals surface area contributed by atoms with Crippen molar-refractivity contribution in [3.05, 3.63) is 30.0 Å². The molecular weight excluding hydrogens is 389 g/mol. The number of rotatable bonds is 4. The van der Waals surface area contributed by atoms with Gasteiger partial charge in [-0.2, -0.15) is 18.2 Å². The summed E-state index contributed by atoms with van der Waals surface area (Å²) in [5.74, 6) is -0.207. The minimum Gasteiger partial charge on any atom is -0.494 e. The Balaban J connectivity index is 1.76. The van der Waals surface area contributed by atoms with E-state index in [1.54, 1.807) is 24.0 Å². The van der Waals surface area contributed by atoms with Crippen molar-refractivity contribution in [3.63, 3.8) is 0 Å². The predicted octanol–water partition coefficient (Wildman–Crippen LogP) is 2.50. The van der Waals surface area contributed by atoms with Crippen molar-refractivity contribution in [1.29, 1.82) is 0 Å². The number of methoxy groups -OCH3 is 1. The van der Waals surface area contributed by atoms with Crippen molar-refractivity contribution >= 4 is 29.0 Å². The van der Waals surface area contributed by atoms with E-state index in [1.807, 2.05) is 6.07 Å². The molecule has 156 valence electrons. The van der Waals surface area contributed by atoms with E-state index in [1.165, 1.54) is 7.11 Å². The number of nitrogen functional groups attached to an aromatic ring is 1. The number of hydrogen-bond donors (Lipinski definition) is 2. The number of aromatic nitrogens is 2. The maximum Gasteiger partial charge on any atom is 0.421 e. The number of ether oxygens (including phenoxy) is 1. The van der Waals surface area contributed by atoms with E-state index >= 15 is 0 Å². The number of benzene rings is 1. The Labute approximate surface area is 165 Å². The van der Waals surface area contributed by atoms with E-state index in [0.717, 1.165) is 5.69 Å². The van der Waals surface area contributed by atoms with Crippen molar-refractivity contribution < 1.29 is 22.7 Å². The van der Waals surface area contributed by atoms with Gasteiger partial charge in [-0.05, 0) is 12.1 Å². The third-order valence-electron chi connectivity index (χ3n) is 4.65. The van der Waals surface area contributed by atoms with Crippen LogP contribution < -0.4 is 20.7 Å². The first-order valence-electron chi connectivity index (χ1n) is 8.84. The standard InChI is InChI=1S/C18H21F3N6O2/c1-11(28)26-5-7-27(8-6-26)12-3-4-14(15(9-12)29-2)24-17-23-10-13(16(22)25-17)18(19,20)21/h3-4,9-10H,5-8H2,1-2H3,(H3,22,23,24,25). The summed E-state index contributed by atoms with van der Waals surface area (Å²) in [5.41, 5.74) is 5.71. The maximum absolute atomic E-state index is 12.8. The molecule has 1 saturated heterocycles. The van der Waals surface area contributed by atoms with Gasteiger partial charge in [0.2, 0.25) is 11.9 Å². The van der Waals surface area contributed by atoms with Gasteiger partial charge in [0.05, 0.1) is 12.8 Å². The molecule has 8 nitrogen and oxygen atoms in total. The molecule has 0 unspecified atom stereocenters. The van der Waals surface area contributed by atoms with Gasteiger partial charge < -0.3 is 25.6 Å². The van der Waals surface area contributed by atoms with Gasteiger partial charge in [0.1, 0.15) is 17.1 Å². The molecule has 0 saturated carbocycles. The Morgan fingerprint density at radius 3 is 2.48 bits per heavy atom. The summed E-state index contributed by atoms with van der Waals surface area (Å²) in [4.78, 5) is 22.7. The fraction of sp³-hybridized carbons (Fsp3) is 0.389. The van der Waals surface area contributed by atoms with Gasteiger partial charge in [0.25, 0.3) is 0 Å². The minimum atomic E-state index is -4.62. The third-order valence-corrected chi connectivity index (χ3v) is 4.65. The lowest BCUT2D eigenvalue weighted by atomic mass is 10.2. The normalized spacial score (nSPS) is 14.7. The summed E-state index contributed by atoms with van der Waals surface area (Å²) in [6.07, 6.45) is -3.98. The molecule has 3 rings (SSSR count). The fourth-order valence-electron chi connectivity index (χ4n) is 3.05. The van der Waals surface area contributed by atoms with Gasteiger partial charge >= 0.3 is 6.18 Å². The number of carbonyl (C=O) groups is 1. The van der Waals surface area contributed by atoms with Crippen LogP contribution in [0.2, 0.25) is 0 Å². The van der Waals surface area contributed by atoms with Gasteiger partial charge in [-0.3, -0.25) is 4.79 Å². The molecule has 0 atom stereocenters. The van der Waals surface area contributed by atoms with Crippen LogP contribution in [0.3, 0.4) is 0 Å². The van der Waals surface area contributed by atoms with Crippen LogP contribution in [0.5, 0.6) is 5.75 Å². The van der Waals surface area contributed by atoms with E-state index in [4.69, 9.17) is 10.5 Å². The minimum absolute atomic E-state index is 0.0533. The zero-order valence-corrected chi connectivity index (χ0v) is 16.0.